The zero-order chi connectivity index (χ0) is 21.9. The maximum atomic E-state index is 12.6. The van der Waals surface area contributed by atoms with E-state index in [-0.39, 0.29) is 24.6 Å². The van der Waals surface area contributed by atoms with E-state index in [0.717, 1.165) is 0 Å². The summed E-state index contributed by atoms with van der Waals surface area (Å²) in [6.07, 6.45) is -8.01. The fraction of sp³-hybridized carbons (Fsp3) is 1.00. The van der Waals surface area contributed by atoms with Crippen LogP contribution in [0.4, 0.5) is 0 Å². The van der Waals surface area contributed by atoms with E-state index in [0.29, 0.717) is 11.4 Å². The summed E-state index contributed by atoms with van der Waals surface area (Å²) in [5.74, 6) is -0.0151. The molecule has 7 N–H and O–H groups in total. The molecular formula is C16H33N2O9PS. The van der Waals surface area contributed by atoms with Crippen LogP contribution < -0.4 is 11.5 Å². The fourth-order valence-corrected chi connectivity index (χ4v) is 5.77. The first-order valence-electron chi connectivity index (χ1n) is 9.52. The number of nitrogens with two attached hydrogens (primary N) is 2. The molecule has 0 bridgehead atoms. The third-order valence-corrected chi connectivity index (χ3v) is 7.42. The highest BCUT2D eigenvalue weighted by Gasteiger charge is 2.48. The van der Waals surface area contributed by atoms with Gasteiger partial charge in [0.1, 0.15) is 43.0 Å². The van der Waals surface area contributed by atoms with Gasteiger partial charge in [0.2, 0.25) is 0 Å². The van der Waals surface area contributed by atoms with Gasteiger partial charge in [-0.2, -0.15) is 0 Å². The lowest BCUT2D eigenvalue weighted by atomic mass is 10.1. The van der Waals surface area contributed by atoms with Crippen LogP contribution in [-0.2, 0) is 28.0 Å². The van der Waals surface area contributed by atoms with Crippen molar-refractivity contribution in [3.05, 3.63) is 0 Å². The highest BCUT2D eigenvalue weighted by Crippen LogP contribution is 2.58. The second kappa shape index (κ2) is 10.7. The summed E-state index contributed by atoms with van der Waals surface area (Å²) in [5.41, 5.74) is 11.4. The Morgan fingerprint density at radius 1 is 1.00 bits per heavy atom. The number of aliphatic hydroxyl groups is 2. The number of ether oxygens (including phenoxy) is 4. The molecule has 0 radical (unpaired) electrons. The Morgan fingerprint density at radius 2 is 1.55 bits per heavy atom. The van der Waals surface area contributed by atoms with Crippen LogP contribution in [-0.4, -0.2) is 88.8 Å². The summed E-state index contributed by atoms with van der Waals surface area (Å²) >= 11 is 0.596. The first-order chi connectivity index (χ1) is 13.4. The van der Waals surface area contributed by atoms with Crippen LogP contribution in [0.1, 0.15) is 27.7 Å². The average Bonchev–Trinajstić information content (AvgIpc) is 3.02. The van der Waals surface area contributed by atoms with E-state index in [1.54, 1.807) is 13.8 Å². The SMILES string of the molecule is CC(C)OC[C@H]1O[C@@H](N)[C@@H](O)[C@H]1OP(=O)(O)SC[C@H]1O[C@@H](N)[C@@H](O)[C@H]1OC(C)C. The third kappa shape index (κ3) is 7.09. The van der Waals surface area contributed by atoms with Crippen LogP contribution in [0.3, 0.4) is 0 Å². The molecule has 9 atom stereocenters. The molecule has 0 spiro atoms. The molecule has 13 heteroatoms. The highest BCUT2D eigenvalue weighted by molar-refractivity contribution is 8.54. The first kappa shape index (κ1) is 25.4. The molecule has 172 valence electrons. The lowest BCUT2D eigenvalue weighted by molar-refractivity contribution is -0.0603. The number of hydrogen-bond acceptors (Lipinski definition) is 11. The molecule has 29 heavy (non-hydrogen) atoms. The normalized spacial score (nSPS) is 40.1. The van der Waals surface area contributed by atoms with Crippen LogP contribution in [0.2, 0.25) is 0 Å². The van der Waals surface area contributed by atoms with Crippen LogP contribution >= 0.6 is 18.2 Å². The van der Waals surface area contributed by atoms with Gasteiger partial charge >= 0.3 is 6.80 Å². The summed E-state index contributed by atoms with van der Waals surface area (Å²) in [6.45, 7) is 3.06. The Labute approximate surface area is 174 Å². The van der Waals surface area contributed by atoms with Gasteiger partial charge in [0.15, 0.2) is 0 Å². The van der Waals surface area contributed by atoms with E-state index in [1.165, 1.54) is 0 Å². The molecule has 0 saturated carbocycles. The van der Waals surface area contributed by atoms with Crippen molar-refractivity contribution in [2.45, 2.75) is 89.0 Å². The van der Waals surface area contributed by atoms with Crippen molar-refractivity contribution in [3.63, 3.8) is 0 Å². The number of hydrogen-bond donors (Lipinski definition) is 5. The number of aliphatic hydroxyl groups excluding tert-OH is 2. The minimum atomic E-state index is -4.24. The summed E-state index contributed by atoms with van der Waals surface area (Å²) in [4.78, 5) is 10.3. The second-order valence-electron chi connectivity index (χ2n) is 7.63. The Kier molecular flexibility index (Phi) is 9.36. The lowest BCUT2D eigenvalue weighted by Gasteiger charge is -2.25. The van der Waals surface area contributed by atoms with E-state index in [9.17, 15) is 19.7 Å². The van der Waals surface area contributed by atoms with Crippen LogP contribution in [0.25, 0.3) is 0 Å². The lowest BCUT2D eigenvalue weighted by Crippen LogP contribution is -2.40. The molecule has 2 heterocycles. The zero-order valence-electron chi connectivity index (χ0n) is 17.0. The molecular weight excluding hydrogens is 427 g/mol. The van der Waals surface area contributed by atoms with Crippen molar-refractivity contribution in [3.8, 4) is 0 Å². The monoisotopic (exact) mass is 460 g/mol. The second-order valence-corrected chi connectivity index (χ2v) is 11.5. The summed E-state index contributed by atoms with van der Waals surface area (Å²) in [6, 6.07) is 0. The van der Waals surface area contributed by atoms with Gasteiger partial charge in [0, 0.05) is 5.75 Å². The Balaban J connectivity index is 1.96. The molecule has 2 fully saturated rings. The van der Waals surface area contributed by atoms with Gasteiger partial charge in [0.25, 0.3) is 0 Å². The molecule has 2 aliphatic heterocycles. The topological polar surface area (TPSA) is 176 Å². The average molecular weight is 460 g/mol. The largest absolute Gasteiger partial charge is 0.387 e. The van der Waals surface area contributed by atoms with Gasteiger partial charge in [-0.3, -0.25) is 4.52 Å². The molecule has 11 nitrogen and oxygen atoms in total. The molecule has 0 aromatic rings. The van der Waals surface area contributed by atoms with Crippen molar-refractivity contribution in [1.29, 1.82) is 0 Å². The first-order valence-corrected chi connectivity index (χ1v) is 12.7. The molecule has 0 aromatic heterocycles. The van der Waals surface area contributed by atoms with E-state index in [4.69, 9.17) is 34.9 Å². The smallest absolute Gasteiger partial charge is 0.386 e. The molecule has 1 unspecified atom stereocenters. The van der Waals surface area contributed by atoms with Crippen molar-refractivity contribution in [2.75, 3.05) is 12.4 Å². The van der Waals surface area contributed by atoms with Gasteiger partial charge in [-0.05, 0) is 39.1 Å². The zero-order valence-corrected chi connectivity index (χ0v) is 18.7. The van der Waals surface area contributed by atoms with Gasteiger partial charge in [-0.25, -0.2) is 4.57 Å². The predicted octanol–water partition coefficient (Wildman–Crippen LogP) is -0.487. The molecule has 0 aliphatic carbocycles. The van der Waals surface area contributed by atoms with Crippen molar-refractivity contribution < 1.29 is 43.1 Å². The molecule has 0 amide bonds. The van der Waals surface area contributed by atoms with E-state index < -0.39 is 55.9 Å². The van der Waals surface area contributed by atoms with Crippen molar-refractivity contribution in [1.82, 2.24) is 0 Å². The maximum absolute atomic E-state index is 12.6. The van der Waals surface area contributed by atoms with E-state index in [1.807, 2.05) is 13.8 Å². The third-order valence-electron chi connectivity index (χ3n) is 4.42. The number of rotatable bonds is 10. The fourth-order valence-electron chi connectivity index (χ4n) is 3.05. The summed E-state index contributed by atoms with van der Waals surface area (Å²) in [7, 11) is 0. The molecule has 2 saturated heterocycles. The Bertz CT molecular complexity index is 573. The summed E-state index contributed by atoms with van der Waals surface area (Å²) in [5, 5.41) is 20.3. The molecule has 2 rings (SSSR count). The van der Waals surface area contributed by atoms with Crippen molar-refractivity contribution >= 4 is 18.2 Å². The van der Waals surface area contributed by atoms with E-state index >= 15 is 0 Å². The quantitative estimate of drug-likeness (QED) is 0.265. The van der Waals surface area contributed by atoms with E-state index in [2.05, 4.69) is 0 Å². The van der Waals surface area contributed by atoms with Gasteiger partial charge in [-0.15, -0.1) is 0 Å². The maximum Gasteiger partial charge on any atom is 0.387 e. The standard InChI is InChI=1S/C16H33N2O9PS/c1-7(2)23-5-9-14(12(20)16(18)25-9)27-28(21,22)29-6-10-13(24-8(3)4)11(19)15(17)26-10/h7-16,19-20H,5-6,17-18H2,1-4H3,(H,21,22)/t9-,10-,11+,12+,13+,14+,15-,16-/m1/s1. The van der Waals surface area contributed by atoms with Crippen LogP contribution in [0, 0.1) is 0 Å². The van der Waals surface area contributed by atoms with Crippen LogP contribution in [0.5, 0.6) is 0 Å². The van der Waals surface area contributed by atoms with Gasteiger partial charge < -0.3 is 45.5 Å². The molecule has 2 aliphatic rings. The van der Waals surface area contributed by atoms with Crippen LogP contribution in [0.15, 0.2) is 0 Å². The molecule has 0 aromatic carbocycles. The Hall–Kier alpha value is 0.180. The Morgan fingerprint density at radius 3 is 2.10 bits per heavy atom. The van der Waals surface area contributed by atoms with Crippen molar-refractivity contribution in [2.24, 2.45) is 11.5 Å². The van der Waals surface area contributed by atoms with Gasteiger partial charge in [-0.1, -0.05) is 0 Å². The highest BCUT2D eigenvalue weighted by atomic mass is 32.7. The predicted molar refractivity (Wildman–Crippen MR) is 106 cm³/mol. The van der Waals surface area contributed by atoms with Gasteiger partial charge in [0.05, 0.1) is 24.9 Å². The minimum Gasteiger partial charge on any atom is -0.386 e. The summed E-state index contributed by atoms with van der Waals surface area (Å²) < 4.78 is 39.9. The minimum absolute atomic E-state index is 0.0151.